The number of fused-ring (bicyclic) bond motifs is 1. The number of aliphatic hydroxyl groups is 3. The summed E-state index contributed by atoms with van der Waals surface area (Å²) in [4.78, 5) is 0. The van der Waals surface area contributed by atoms with Crippen molar-refractivity contribution in [2.75, 3.05) is 19.8 Å². The lowest BCUT2D eigenvalue weighted by Crippen LogP contribution is -2.64. The van der Waals surface area contributed by atoms with Gasteiger partial charge in [0, 0.05) is 6.61 Å². The first kappa shape index (κ1) is 16.4. The van der Waals surface area contributed by atoms with Crippen LogP contribution < -0.4 is 4.74 Å². The van der Waals surface area contributed by atoms with Gasteiger partial charge in [0.15, 0.2) is 12.1 Å². The van der Waals surface area contributed by atoms with Gasteiger partial charge in [0.05, 0.1) is 30.7 Å². The van der Waals surface area contributed by atoms with Crippen LogP contribution in [0.5, 0.6) is 11.5 Å². The fraction of sp³-hybridized carbons (Fsp3) is 0.600. The Morgan fingerprint density at radius 1 is 1.17 bits per heavy atom. The van der Waals surface area contributed by atoms with E-state index in [1.165, 1.54) is 12.1 Å². The summed E-state index contributed by atoms with van der Waals surface area (Å²) in [6.45, 7) is 0.0902. The molecule has 1 saturated heterocycles. The van der Waals surface area contributed by atoms with Gasteiger partial charge in [-0.3, -0.25) is 0 Å². The lowest BCUT2D eigenvalue weighted by Gasteiger charge is -2.49. The summed E-state index contributed by atoms with van der Waals surface area (Å²) < 4.78 is 16.1. The van der Waals surface area contributed by atoms with Gasteiger partial charge in [-0.05, 0) is 24.3 Å². The molecule has 1 aromatic rings. The van der Waals surface area contributed by atoms with Crippen molar-refractivity contribution in [2.24, 2.45) is 11.8 Å². The van der Waals surface area contributed by atoms with Gasteiger partial charge in [0.25, 0.3) is 0 Å². The second-order valence-electron chi connectivity index (χ2n) is 5.78. The zero-order valence-corrected chi connectivity index (χ0v) is 12.3. The van der Waals surface area contributed by atoms with Crippen LogP contribution in [0.3, 0.4) is 0 Å². The highest BCUT2D eigenvalue weighted by Gasteiger charge is 2.71. The summed E-state index contributed by atoms with van der Waals surface area (Å²) in [7, 11) is 0. The van der Waals surface area contributed by atoms with E-state index in [4.69, 9.17) is 19.9 Å². The normalized spacial score (nSPS) is 38.9. The standard InChI is InChI=1S/C15H20NO7/c16-5-6-21-14-11-13(19)12(18)10(15(11,20)23-14)7-22-9-3-1-8(17)2-4-9/h1-4,10-14,16-20H,5-7H2/q-1/t10?,11?,12-,13?,14+,15?/m1/s1. The van der Waals surface area contributed by atoms with Crippen molar-refractivity contribution < 1.29 is 34.6 Å². The molecule has 8 nitrogen and oxygen atoms in total. The third kappa shape index (κ3) is 2.78. The van der Waals surface area contributed by atoms with Gasteiger partial charge in [-0.15, -0.1) is 6.54 Å². The number of aromatic hydroxyl groups is 1. The van der Waals surface area contributed by atoms with Crippen LogP contribution in [0.15, 0.2) is 24.3 Å². The molecule has 5 N–H and O–H groups in total. The van der Waals surface area contributed by atoms with Crippen molar-refractivity contribution >= 4 is 0 Å². The molecule has 0 bridgehead atoms. The van der Waals surface area contributed by atoms with Crippen molar-refractivity contribution in [2.45, 2.75) is 24.3 Å². The molecule has 0 amide bonds. The Balaban J connectivity index is 1.65. The summed E-state index contributed by atoms with van der Waals surface area (Å²) in [5.41, 5.74) is 7.05. The number of aliphatic hydroxyl groups excluding tert-OH is 2. The molecule has 8 heteroatoms. The molecule has 4 unspecified atom stereocenters. The quantitative estimate of drug-likeness (QED) is 0.571. The first-order valence-electron chi connectivity index (χ1n) is 7.41. The molecule has 128 valence electrons. The van der Waals surface area contributed by atoms with E-state index in [0.29, 0.717) is 5.75 Å². The summed E-state index contributed by atoms with van der Waals surface area (Å²) in [6.07, 6.45) is -3.25. The van der Waals surface area contributed by atoms with E-state index in [1.54, 1.807) is 12.1 Å². The van der Waals surface area contributed by atoms with Gasteiger partial charge >= 0.3 is 0 Å². The first-order chi connectivity index (χ1) is 11.0. The zero-order valence-electron chi connectivity index (χ0n) is 12.3. The van der Waals surface area contributed by atoms with Crippen molar-refractivity contribution in [3.63, 3.8) is 0 Å². The molecule has 3 rings (SSSR count). The van der Waals surface area contributed by atoms with E-state index in [9.17, 15) is 20.4 Å². The second kappa shape index (κ2) is 6.23. The number of hydrogen-bond donors (Lipinski definition) is 4. The molecular formula is C15H20NO7-. The minimum atomic E-state index is -1.72. The highest BCUT2D eigenvalue weighted by atomic mass is 16.8. The number of phenolic OH excluding ortho intramolecular Hbond substituents is 1. The minimum Gasteiger partial charge on any atom is -0.676 e. The zero-order chi connectivity index (χ0) is 16.6. The fourth-order valence-corrected chi connectivity index (χ4v) is 3.16. The summed E-state index contributed by atoms with van der Waals surface area (Å²) in [5, 5.41) is 40.1. The van der Waals surface area contributed by atoms with Crippen molar-refractivity contribution in [3.8, 4) is 11.5 Å². The SMILES string of the molecule is [NH-]CCO[C@H]1OC2(O)C1C(O)[C@H](O)C2COc1ccc(O)cc1. The van der Waals surface area contributed by atoms with E-state index >= 15 is 0 Å². The molecule has 1 saturated carbocycles. The molecule has 2 aliphatic rings. The Hall–Kier alpha value is -1.42. The summed E-state index contributed by atoms with van der Waals surface area (Å²) in [6, 6.07) is 6.02. The molecule has 1 aliphatic carbocycles. The molecule has 1 heterocycles. The molecule has 2 fully saturated rings. The Kier molecular flexibility index (Phi) is 4.45. The molecule has 0 spiro atoms. The lowest BCUT2D eigenvalue weighted by molar-refractivity contribution is -0.437. The van der Waals surface area contributed by atoms with Crippen molar-refractivity contribution in [1.29, 1.82) is 0 Å². The fourth-order valence-electron chi connectivity index (χ4n) is 3.16. The smallest absolute Gasteiger partial charge is 0.187 e. The van der Waals surface area contributed by atoms with E-state index in [1.807, 2.05) is 0 Å². The van der Waals surface area contributed by atoms with Crippen LogP contribution in [-0.2, 0) is 9.47 Å². The number of rotatable bonds is 6. The van der Waals surface area contributed by atoms with E-state index in [-0.39, 0.29) is 25.5 Å². The largest absolute Gasteiger partial charge is 0.676 e. The highest BCUT2D eigenvalue weighted by molar-refractivity contribution is 5.30. The van der Waals surface area contributed by atoms with Gasteiger partial charge in [-0.2, -0.15) is 0 Å². The Labute approximate surface area is 133 Å². The van der Waals surface area contributed by atoms with E-state index in [2.05, 4.69) is 0 Å². The van der Waals surface area contributed by atoms with Crippen molar-refractivity contribution in [3.05, 3.63) is 30.0 Å². The minimum absolute atomic E-state index is 0.0387. The molecule has 1 aliphatic heterocycles. The monoisotopic (exact) mass is 326 g/mol. The average Bonchev–Trinajstić information content (AvgIpc) is 2.65. The maximum absolute atomic E-state index is 10.6. The van der Waals surface area contributed by atoms with Gasteiger partial charge in [0.2, 0.25) is 0 Å². The Morgan fingerprint density at radius 2 is 1.87 bits per heavy atom. The van der Waals surface area contributed by atoms with Gasteiger partial charge < -0.3 is 40.4 Å². The maximum atomic E-state index is 10.6. The van der Waals surface area contributed by atoms with Gasteiger partial charge in [-0.25, -0.2) is 0 Å². The maximum Gasteiger partial charge on any atom is 0.187 e. The van der Waals surface area contributed by atoms with E-state index in [0.717, 1.165) is 0 Å². The van der Waals surface area contributed by atoms with Crippen LogP contribution in [0.2, 0.25) is 0 Å². The predicted molar refractivity (Wildman–Crippen MR) is 77.6 cm³/mol. The Morgan fingerprint density at radius 3 is 2.52 bits per heavy atom. The highest BCUT2D eigenvalue weighted by Crippen LogP contribution is 2.53. The number of ether oxygens (including phenoxy) is 3. The molecule has 1 aromatic carbocycles. The average molecular weight is 326 g/mol. The number of nitrogens with one attached hydrogen (secondary N) is 1. The number of phenols is 1. The first-order valence-corrected chi connectivity index (χ1v) is 7.41. The third-order valence-corrected chi connectivity index (χ3v) is 4.39. The van der Waals surface area contributed by atoms with Gasteiger partial charge in [-0.1, -0.05) is 0 Å². The molecule has 23 heavy (non-hydrogen) atoms. The molecular weight excluding hydrogens is 306 g/mol. The van der Waals surface area contributed by atoms with Crippen LogP contribution in [0, 0.1) is 11.8 Å². The third-order valence-electron chi connectivity index (χ3n) is 4.39. The van der Waals surface area contributed by atoms with Crippen LogP contribution in [0.25, 0.3) is 5.73 Å². The van der Waals surface area contributed by atoms with Crippen LogP contribution >= 0.6 is 0 Å². The molecule has 6 atom stereocenters. The Bertz CT molecular complexity index is 539. The second-order valence-corrected chi connectivity index (χ2v) is 5.78. The van der Waals surface area contributed by atoms with Crippen LogP contribution in [-0.4, -0.2) is 64.5 Å². The summed E-state index contributed by atoms with van der Waals surface area (Å²) >= 11 is 0. The molecule has 0 aromatic heterocycles. The lowest BCUT2D eigenvalue weighted by atomic mass is 9.89. The van der Waals surface area contributed by atoms with Crippen LogP contribution in [0.1, 0.15) is 0 Å². The van der Waals surface area contributed by atoms with Crippen LogP contribution in [0.4, 0.5) is 0 Å². The summed E-state index contributed by atoms with van der Waals surface area (Å²) in [5.74, 6) is -2.78. The molecule has 0 radical (unpaired) electrons. The number of benzene rings is 1. The van der Waals surface area contributed by atoms with E-state index < -0.39 is 36.1 Å². The number of hydrogen-bond acceptors (Lipinski definition) is 7. The topological polar surface area (TPSA) is 132 Å². The van der Waals surface area contributed by atoms with Crippen molar-refractivity contribution in [1.82, 2.24) is 0 Å². The predicted octanol–water partition coefficient (Wildman–Crippen LogP) is -0.148. The van der Waals surface area contributed by atoms with Gasteiger partial charge in [0.1, 0.15) is 11.5 Å².